The van der Waals surface area contributed by atoms with Crippen LogP contribution < -0.4 is 10.1 Å². The molecule has 0 saturated carbocycles. The van der Waals surface area contributed by atoms with Crippen LogP contribution in [0, 0.1) is 0 Å². The Morgan fingerprint density at radius 3 is 2.31 bits per heavy atom. The highest BCUT2D eigenvalue weighted by atomic mass is 35.5. The van der Waals surface area contributed by atoms with Gasteiger partial charge in [-0.3, -0.25) is 9.59 Å². The van der Waals surface area contributed by atoms with E-state index < -0.39 is 6.04 Å². The first-order chi connectivity index (χ1) is 13.8. The average molecular weight is 437 g/mol. The second-order valence-corrected chi connectivity index (χ2v) is 7.80. The molecule has 1 atom stereocenters. The van der Waals surface area contributed by atoms with Crippen molar-refractivity contribution in [3.8, 4) is 5.75 Å². The summed E-state index contributed by atoms with van der Waals surface area (Å²) in [6.45, 7) is 5.70. The molecule has 0 radical (unpaired) electrons. The lowest BCUT2D eigenvalue weighted by Crippen LogP contribution is -2.51. The van der Waals surface area contributed by atoms with E-state index in [-0.39, 0.29) is 31.0 Å². The summed E-state index contributed by atoms with van der Waals surface area (Å²) in [6, 6.07) is 13.5. The highest BCUT2D eigenvalue weighted by Gasteiger charge is 2.29. The van der Waals surface area contributed by atoms with Gasteiger partial charge in [0.25, 0.3) is 5.91 Å². The standard InChI is InChI=1S/C22H26Cl2N2O3/c1-4-19(22(28)25-15(2)3)26(13-16-9-11-17(23)12-10-16)21(27)14-29-20-8-6-5-7-18(20)24/h5-12,15,19H,4,13-14H2,1-3H3,(H,25,28). The molecule has 2 rings (SSSR count). The van der Waals surface area contributed by atoms with E-state index in [0.29, 0.717) is 22.2 Å². The number of benzene rings is 2. The lowest BCUT2D eigenvalue weighted by atomic mass is 10.1. The summed E-state index contributed by atoms with van der Waals surface area (Å²) >= 11 is 12.1. The minimum Gasteiger partial charge on any atom is -0.482 e. The Hall–Kier alpha value is -2.24. The van der Waals surface area contributed by atoms with E-state index in [4.69, 9.17) is 27.9 Å². The molecule has 0 heterocycles. The predicted molar refractivity (Wildman–Crippen MR) is 116 cm³/mol. The van der Waals surface area contributed by atoms with Crippen LogP contribution in [-0.2, 0) is 16.1 Å². The van der Waals surface area contributed by atoms with Crippen LogP contribution in [0.1, 0.15) is 32.8 Å². The first-order valence-corrected chi connectivity index (χ1v) is 10.3. The van der Waals surface area contributed by atoms with Crippen molar-refractivity contribution < 1.29 is 14.3 Å². The summed E-state index contributed by atoms with van der Waals surface area (Å²) in [7, 11) is 0. The molecule has 156 valence electrons. The molecule has 2 aromatic rings. The molecule has 1 unspecified atom stereocenters. The largest absolute Gasteiger partial charge is 0.482 e. The fraction of sp³-hybridized carbons (Fsp3) is 0.364. The van der Waals surface area contributed by atoms with Gasteiger partial charge in [-0.25, -0.2) is 0 Å². The molecular formula is C22H26Cl2N2O3. The van der Waals surface area contributed by atoms with Crippen molar-refractivity contribution in [3.63, 3.8) is 0 Å². The number of halogens is 2. The molecule has 0 aliphatic heterocycles. The van der Waals surface area contributed by atoms with E-state index in [2.05, 4.69) is 5.32 Å². The van der Waals surface area contributed by atoms with E-state index in [1.807, 2.05) is 32.9 Å². The third kappa shape index (κ3) is 6.94. The molecule has 2 aromatic carbocycles. The molecule has 5 nitrogen and oxygen atoms in total. The van der Waals surface area contributed by atoms with Crippen LogP contribution in [0.25, 0.3) is 0 Å². The van der Waals surface area contributed by atoms with Crippen LogP contribution in [-0.4, -0.2) is 35.4 Å². The Labute approximate surface area is 181 Å². The average Bonchev–Trinajstić information content (AvgIpc) is 2.68. The summed E-state index contributed by atoms with van der Waals surface area (Å²) in [5.41, 5.74) is 0.872. The molecular weight excluding hydrogens is 411 g/mol. The Bertz CT molecular complexity index is 825. The third-order valence-corrected chi connectivity index (χ3v) is 4.84. The maximum absolute atomic E-state index is 13.0. The lowest BCUT2D eigenvalue weighted by Gasteiger charge is -2.31. The normalized spacial score (nSPS) is 11.8. The molecule has 7 heteroatoms. The molecule has 0 aliphatic carbocycles. The number of nitrogens with one attached hydrogen (secondary N) is 1. The van der Waals surface area contributed by atoms with Gasteiger partial charge in [0, 0.05) is 17.6 Å². The Balaban J connectivity index is 2.21. The first-order valence-electron chi connectivity index (χ1n) is 9.53. The number of carbonyl (C=O) groups excluding carboxylic acids is 2. The van der Waals surface area contributed by atoms with Crippen LogP contribution in [0.15, 0.2) is 48.5 Å². The molecule has 2 amide bonds. The lowest BCUT2D eigenvalue weighted by molar-refractivity contribution is -0.143. The fourth-order valence-electron chi connectivity index (χ4n) is 2.87. The second-order valence-electron chi connectivity index (χ2n) is 6.95. The monoisotopic (exact) mass is 436 g/mol. The summed E-state index contributed by atoms with van der Waals surface area (Å²) in [5, 5.41) is 3.93. The predicted octanol–water partition coefficient (Wildman–Crippen LogP) is 4.70. The zero-order chi connectivity index (χ0) is 21.4. The number of nitrogens with zero attached hydrogens (tertiary/aromatic N) is 1. The Morgan fingerprint density at radius 1 is 1.07 bits per heavy atom. The molecule has 29 heavy (non-hydrogen) atoms. The first kappa shape index (κ1) is 23.0. The van der Waals surface area contributed by atoms with Crippen molar-refractivity contribution in [2.75, 3.05) is 6.61 Å². The number of ether oxygens (including phenoxy) is 1. The number of hydrogen-bond acceptors (Lipinski definition) is 3. The van der Waals surface area contributed by atoms with Gasteiger partial charge >= 0.3 is 0 Å². The maximum Gasteiger partial charge on any atom is 0.261 e. The summed E-state index contributed by atoms with van der Waals surface area (Å²) in [4.78, 5) is 27.3. The summed E-state index contributed by atoms with van der Waals surface area (Å²) < 4.78 is 5.62. The van der Waals surface area contributed by atoms with Crippen LogP contribution >= 0.6 is 23.2 Å². The SMILES string of the molecule is CCC(C(=O)NC(C)C)N(Cc1ccc(Cl)cc1)C(=O)COc1ccccc1Cl. The number of carbonyl (C=O) groups is 2. The molecule has 0 saturated heterocycles. The molecule has 0 fully saturated rings. The van der Waals surface area contributed by atoms with Gasteiger partial charge in [0.05, 0.1) is 5.02 Å². The number of para-hydroxylation sites is 1. The van der Waals surface area contributed by atoms with Crippen molar-refractivity contribution >= 4 is 35.0 Å². The van der Waals surface area contributed by atoms with E-state index in [1.54, 1.807) is 36.4 Å². The van der Waals surface area contributed by atoms with Crippen molar-refractivity contribution in [2.45, 2.75) is 45.8 Å². The van der Waals surface area contributed by atoms with Gasteiger partial charge in [-0.2, -0.15) is 0 Å². The number of hydrogen-bond donors (Lipinski definition) is 1. The molecule has 0 aromatic heterocycles. The van der Waals surface area contributed by atoms with Gasteiger partial charge in [-0.05, 0) is 50.1 Å². The Kier molecular flexibility index (Phi) is 8.80. The van der Waals surface area contributed by atoms with E-state index >= 15 is 0 Å². The quantitative estimate of drug-likeness (QED) is 0.619. The van der Waals surface area contributed by atoms with Crippen molar-refractivity contribution in [2.24, 2.45) is 0 Å². The van der Waals surface area contributed by atoms with Crippen molar-refractivity contribution in [1.82, 2.24) is 10.2 Å². The van der Waals surface area contributed by atoms with Crippen molar-refractivity contribution in [1.29, 1.82) is 0 Å². The zero-order valence-corrected chi connectivity index (χ0v) is 18.3. The van der Waals surface area contributed by atoms with Crippen LogP contribution in [0.5, 0.6) is 5.75 Å². The molecule has 0 aliphatic rings. The highest BCUT2D eigenvalue weighted by Crippen LogP contribution is 2.23. The number of amides is 2. The van der Waals surface area contributed by atoms with Crippen LogP contribution in [0.3, 0.4) is 0 Å². The fourth-order valence-corrected chi connectivity index (χ4v) is 3.19. The van der Waals surface area contributed by atoms with E-state index in [0.717, 1.165) is 5.56 Å². The summed E-state index contributed by atoms with van der Waals surface area (Å²) in [6.07, 6.45) is 0.476. The molecule has 0 spiro atoms. The minimum atomic E-state index is -0.615. The maximum atomic E-state index is 13.0. The van der Waals surface area contributed by atoms with E-state index in [9.17, 15) is 9.59 Å². The van der Waals surface area contributed by atoms with Gasteiger partial charge in [0.1, 0.15) is 11.8 Å². The van der Waals surface area contributed by atoms with Gasteiger partial charge < -0.3 is 15.0 Å². The van der Waals surface area contributed by atoms with E-state index in [1.165, 1.54) is 4.90 Å². The van der Waals surface area contributed by atoms with Gasteiger partial charge in [0.15, 0.2) is 6.61 Å². The topological polar surface area (TPSA) is 58.6 Å². The number of rotatable bonds is 9. The van der Waals surface area contributed by atoms with Crippen molar-refractivity contribution in [3.05, 3.63) is 64.1 Å². The third-order valence-electron chi connectivity index (χ3n) is 4.27. The van der Waals surface area contributed by atoms with Crippen LogP contribution in [0.4, 0.5) is 0 Å². The molecule has 0 bridgehead atoms. The minimum absolute atomic E-state index is 0.0246. The highest BCUT2D eigenvalue weighted by molar-refractivity contribution is 6.32. The van der Waals surface area contributed by atoms with Gasteiger partial charge in [0.2, 0.25) is 5.91 Å². The smallest absolute Gasteiger partial charge is 0.261 e. The Morgan fingerprint density at radius 2 is 1.72 bits per heavy atom. The summed E-state index contributed by atoms with van der Waals surface area (Å²) in [5.74, 6) is -0.0678. The van der Waals surface area contributed by atoms with Crippen LogP contribution in [0.2, 0.25) is 10.0 Å². The second kappa shape index (κ2) is 11.1. The van der Waals surface area contributed by atoms with Gasteiger partial charge in [-0.15, -0.1) is 0 Å². The zero-order valence-electron chi connectivity index (χ0n) is 16.8. The van der Waals surface area contributed by atoms with Gasteiger partial charge in [-0.1, -0.05) is 54.4 Å². The molecule has 1 N–H and O–H groups in total.